The van der Waals surface area contributed by atoms with Gasteiger partial charge in [0, 0.05) is 6.20 Å². The lowest BCUT2D eigenvalue weighted by molar-refractivity contribution is 0.0695. The molecule has 0 aliphatic heterocycles. The molecule has 13 heavy (non-hydrogen) atoms. The molecule has 68 valence electrons. The molecule has 0 spiro atoms. The Morgan fingerprint density at radius 1 is 1.69 bits per heavy atom. The zero-order chi connectivity index (χ0) is 9.68. The molecule has 0 amide bonds. The lowest BCUT2D eigenvalue weighted by atomic mass is 10.1. The van der Waals surface area contributed by atoms with E-state index in [0.717, 1.165) is 6.42 Å². The van der Waals surface area contributed by atoms with Crippen molar-refractivity contribution >= 4 is 5.97 Å². The van der Waals surface area contributed by atoms with Gasteiger partial charge in [0.2, 0.25) is 0 Å². The van der Waals surface area contributed by atoms with Crippen molar-refractivity contribution in [1.82, 2.24) is 4.98 Å². The number of carboxylic acid groups (broad SMARTS) is 1. The van der Waals surface area contributed by atoms with E-state index < -0.39 is 5.97 Å². The number of rotatable bonds is 4. The Morgan fingerprint density at radius 2 is 2.46 bits per heavy atom. The van der Waals surface area contributed by atoms with Crippen molar-refractivity contribution in [1.29, 1.82) is 0 Å². The second kappa shape index (κ2) is 4.40. The normalized spacial score (nSPS) is 9.54. The largest absolute Gasteiger partial charge is 0.478 e. The lowest BCUT2D eigenvalue weighted by Gasteiger charge is -2.01. The molecule has 0 atom stereocenters. The first-order valence-electron chi connectivity index (χ1n) is 4.03. The molecule has 0 aliphatic carbocycles. The van der Waals surface area contributed by atoms with Crippen LogP contribution in [0.15, 0.2) is 31.0 Å². The van der Waals surface area contributed by atoms with Crippen LogP contribution in [-0.2, 0) is 6.42 Å². The van der Waals surface area contributed by atoms with Crippen LogP contribution in [0.4, 0.5) is 0 Å². The third-order valence-corrected chi connectivity index (χ3v) is 1.71. The molecule has 1 rings (SSSR count). The van der Waals surface area contributed by atoms with E-state index in [2.05, 4.69) is 11.6 Å². The highest BCUT2D eigenvalue weighted by Crippen LogP contribution is 2.07. The summed E-state index contributed by atoms with van der Waals surface area (Å²) < 4.78 is 0. The van der Waals surface area contributed by atoms with Crippen LogP contribution in [0.25, 0.3) is 0 Å². The number of hydrogen-bond donors (Lipinski definition) is 1. The van der Waals surface area contributed by atoms with Crippen molar-refractivity contribution in [2.24, 2.45) is 0 Å². The van der Waals surface area contributed by atoms with Crippen LogP contribution in [-0.4, -0.2) is 16.1 Å². The van der Waals surface area contributed by atoms with Crippen molar-refractivity contribution < 1.29 is 9.90 Å². The number of hydrogen-bond acceptors (Lipinski definition) is 2. The zero-order valence-electron chi connectivity index (χ0n) is 7.23. The molecule has 1 N–H and O–H groups in total. The summed E-state index contributed by atoms with van der Waals surface area (Å²) in [6.45, 7) is 3.58. The van der Waals surface area contributed by atoms with Gasteiger partial charge in [-0.3, -0.25) is 4.98 Å². The maximum atomic E-state index is 10.7. The monoisotopic (exact) mass is 177 g/mol. The summed E-state index contributed by atoms with van der Waals surface area (Å²) in [5.74, 6) is -0.924. The maximum absolute atomic E-state index is 10.7. The van der Waals surface area contributed by atoms with Crippen molar-refractivity contribution in [2.75, 3.05) is 0 Å². The van der Waals surface area contributed by atoms with Crippen LogP contribution in [0.5, 0.6) is 0 Å². The van der Waals surface area contributed by atoms with Gasteiger partial charge in [0.05, 0.1) is 11.3 Å². The summed E-state index contributed by atoms with van der Waals surface area (Å²) in [7, 11) is 0. The number of aromatic carboxylic acids is 1. The highest BCUT2D eigenvalue weighted by molar-refractivity contribution is 5.88. The Labute approximate surface area is 76.7 Å². The minimum atomic E-state index is -0.924. The third-order valence-electron chi connectivity index (χ3n) is 1.71. The number of carboxylic acids is 1. The van der Waals surface area contributed by atoms with Crippen molar-refractivity contribution in [3.8, 4) is 0 Å². The van der Waals surface area contributed by atoms with E-state index >= 15 is 0 Å². The molecule has 0 saturated carbocycles. The van der Waals surface area contributed by atoms with Gasteiger partial charge in [0.25, 0.3) is 0 Å². The highest BCUT2D eigenvalue weighted by Gasteiger charge is 2.08. The molecule has 3 nitrogen and oxygen atoms in total. The molecule has 0 radical (unpaired) electrons. The summed E-state index contributed by atoms with van der Waals surface area (Å²) in [6, 6.07) is 3.19. The molecule has 1 heterocycles. The number of nitrogens with zero attached hydrogens (tertiary/aromatic N) is 1. The summed E-state index contributed by atoms with van der Waals surface area (Å²) in [5.41, 5.74) is 0.902. The summed E-state index contributed by atoms with van der Waals surface area (Å²) in [6.07, 6.45) is 4.73. The number of pyridine rings is 1. The third kappa shape index (κ3) is 2.40. The predicted molar refractivity (Wildman–Crippen MR) is 49.7 cm³/mol. The smallest absolute Gasteiger partial charge is 0.337 e. The molecule has 0 aromatic carbocycles. The summed E-state index contributed by atoms with van der Waals surface area (Å²) >= 11 is 0. The molecule has 0 bridgehead atoms. The number of aromatic nitrogens is 1. The van der Waals surface area contributed by atoms with E-state index in [1.807, 2.05) is 0 Å². The first-order chi connectivity index (χ1) is 6.25. The Balaban J connectivity index is 2.90. The Kier molecular flexibility index (Phi) is 3.20. The second-order valence-electron chi connectivity index (χ2n) is 2.63. The first kappa shape index (κ1) is 9.45. The van der Waals surface area contributed by atoms with Crippen LogP contribution < -0.4 is 0 Å². The summed E-state index contributed by atoms with van der Waals surface area (Å²) in [4.78, 5) is 14.7. The minimum Gasteiger partial charge on any atom is -0.478 e. The van der Waals surface area contributed by atoms with Crippen LogP contribution in [0.2, 0.25) is 0 Å². The molecular weight excluding hydrogens is 166 g/mol. The number of carbonyl (C=O) groups is 1. The molecule has 1 aromatic rings. The highest BCUT2D eigenvalue weighted by atomic mass is 16.4. The van der Waals surface area contributed by atoms with Gasteiger partial charge < -0.3 is 5.11 Å². The zero-order valence-corrected chi connectivity index (χ0v) is 7.23. The van der Waals surface area contributed by atoms with Crippen LogP contribution in [0.1, 0.15) is 22.5 Å². The fourth-order valence-electron chi connectivity index (χ4n) is 1.07. The van der Waals surface area contributed by atoms with Gasteiger partial charge in [0.1, 0.15) is 0 Å². The van der Waals surface area contributed by atoms with Crippen LogP contribution >= 0.6 is 0 Å². The predicted octanol–water partition coefficient (Wildman–Crippen LogP) is 1.90. The van der Waals surface area contributed by atoms with Gasteiger partial charge in [-0.2, -0.15) is 0 Å². The van der Waals surface area contributed by atoms with E-state index in [9.17, 15) is 4.79 Å². The lowest BCUT2D eigenvalue weighted by Crippen LogP contribution is -2.03. The fraction of sp³-hybridized carbons (Fsp3) is 0.200. The first-order valence-corrected chi connectivity index (χ1v) is 4.03. The number of aryl methyl sites for hydroxylation is 1. The molecule has 0 aliphatic rings. The molecular formula is C10H11NO2. The quantitative estimate of drug-likeness (QED) is 0.714. The summed E-state index contributed by atoms with van der Waals surface area (Å²) in [5, 5.41) is 8.80. The van der Waals surface area contributed by atoms with Crippen molar-refractivity contribution in [3.63, 3.8) is 0 Å². The van der Waals surface area contributed by atoms with Gasteiger partial charge in [-0.25, -0.2) is 4.79 Å². The second-order valence-corrected chi connectivity index (χ2v) is 2.63. The Morgan fingerprint density at radius 3 is 3.08 bits per heavy atom. The van der Waals surface area contributed by atoms with Crippen molar-refractivity contribution in [3.05, 3.63) is 42.2 Å². The minimum absolute atomic E-state index is 0.282. The van der Waals surface area contributed by atoms with Gasteiger partial charge in [-0.1, -0.05) is 6.08 Å². The average Bonchev–Trinajstić information content (AvgIpc) is 2.15. The van der Waals surface area contributed by atoms with Crippen LogP contribution in [0.3, 0.4) is 0 Å². The van der Waals surface area contributed by atoms with Crippen molar-refractivity contribution in [2.45, 2.75) is 12.8 Å². The van der Waals surface area contributed by atoms with E-state index in [1.165, 1.54) is 0 Å². The molecule has 0 unspecified atom stereocenters. The molecule has 3 heteroatoms. The van der Waals surface area contributed by atoms with E-state index in [0.29, 0.717) is 12.1 Å². The van der Waals surface area contributed by atoms with Gasteiger partial charge in [-0.15, -0.1) is 6.58 Å². The molecule has 1 aromatic heterocycles. The maximum Gasteiger partial charge on any atom is 0.337 e. The topological polar surface area (TPSA) is 50.2 Å². The van der Waals surface area contributed by atoms with Gasteiger partial charge >= 0.3 is 5.97 Å². The fourth-order valence-corrected chi connectivity index (χ4v) is 1.07. The van der Waals surface area contributed by atoms with Gasteiger partial charge in [-0.05, 0) is 25.0 Å². The average molecular weight is 177 g/mol. The number of allylic oxidation sites excluding steroid dienone is 1. The van der Waals surface area contributed by atoms with Gasteiger partial charge in [0.15, 0.2) is 0 Å². The van der Waals surface area contributed by atoms with Crippen LogP contribution in [0, 0.1) is 0 Å². The standard InChI is InChI=1S/C10H11NO2/c1-2-3-6-9-8(10(12)13)5-4-7-11-9/h2,4-5,7H,1,3,6H2,(H,12,13). The van der Waals surface area contributed by atoms with E-state index in [4.69, 9.17) is 5.11 Å². The van der Waals surface area contributed by atoms with E-state index in [-0.39, 0.29) is 5.56 Å². The SMILES string of the molecule is C=CCCc1ncccc1C(=O)O. The Hall–Kier alpha value is -1.64. The molecule has 0 saturated heterocycles. The molecule has 0 fully saturated rings. The van der Waals surface area contributed by atoms with E-state index in [1.54, 1.807) is 24.4 Å². The Bertz CT molecular complexity index is 320.